The van der Waals surface area contributed by atoms with E-state index in [0.717, 1.165) is 5.56 Å². The van der Waals surface area contributed by atoms with Crippen molar-refractivity contribution in [2.24, 2.45) is 0 Å². The van der Waals surface area contributed by atoms with Crippen molar-refractivity contribution < 1.29 is 14.6 Å². The minimum Gasteiger partial charge on any atom is -0.497 e. The van der Waals surface area contributed by atoms with Gasteiger partial charge in [0.05, 0.1) is 26.0 Å². The molecule has 0 aliphatic rings. The highest BCUT2D eigenvalue weighted by molar-refractivity contribution is 7.80. The minimum absolute atomic E-state index is 0.308. The fourth-order valence-corrected chi connectivity index (χ4v) is 2.25. The van der Waals surface area contributed by atoms with Crippen LogP contribution in [0.4, 0.5) is 5.69 Å². The Labute approximate surface area is 141 Å². The molecule has 0 radical (unpaired) electrons. The summed E-state index contributed by atoms with van der Waals surface area (Å²) in [6.45, 7) is 0.308. The number of aliphatic hydroxyl groups is 1. The average Bonchev–Trinajstić information content (AvgIpc) is 2.60. The van der Waals surface area contributed by atoms with Gasteiger partial charge in [-0.2, -0.15) is 0 Å². The summed E-state index contributed by atoms with van der Waals surface area (Å²) in [7, 11) is 3.18. The quantitative estimate of drug-likeness (QED) is 0.707. The Balaban J connectivity index is 1.94. The van der Waals surface area contributed by atoms with Crippen molar-refractivity contribution in [2.75, 3.05) is 26.1 Å². The summed E-state index contributed by atoms with van der Waals surface area (Å²) in [5.41, 5.74) is 1.53. The number of aliphatic hydroxyl groups excluding tert-OH is 1. The van der Waals surface area contributed by atoms with Crippen LogP contribution in [0.5, 0.6) is 11.5 Å². The number of benzene rings is 2. The van der Waals surface area contributed by atoms with E-state index in [1.165, 1.54) is 0 Å². The first kappa shape index (κ1) is 17.1. The Morgan fingerprint density at radius 1 is 1.13 bits per heavy atom. The first-order chi connectivity index (χ1) is 11.1. The fourth-order valence-electron chi connectivity index (χ4n) is 2.06. The normalized spacial score (nSPS) is 11.4. The summed E-state index contributed by atoms with van der Waals surface area (Å²) in [6.07, 6.45) is -0.636. The van der Waals surface area contributed by atoms with Gasteiger partial charge in [-0.3, -0.25) is 0 Å². The van der Waals surface area contributed by atoms with Gasteiger partial charge < -0.3 is 25.2 Å². The molecule has 0 spiro atoms. The molecule has 0 heterocycles. The van der Waals surface area contributed by atoms with Crippen LogP contribution in [-0.2, 0) is 0 Å². The van der Waals surface area contributed by atoms with Crippen LogP contribution in [0.3, 0.4) is 0 Å². The summed E-state index contributed by atoms with van der Waals surface area (Å²) >= 11 is 5.26. The zero-order chi connectivity index (χ0) is 16.7. The largest absolute Gasteiger partial charge is 0.497 e. The number of ether oxygens (including phenoxy) is 2. The predicted octanol–water partition coefficient (Wildman–Crippen LogP) is 2.72. The number of anilines is 1. The molecule has 0 saturated heterocycles. The molecule has 122 valence electrons. The minimum atomic E-state index is -0.636. The van der Waals surface area contributed by atoms with Gasteiger partial charge in [0.2, 0.25) is 0 Å². The van der Waals surface area contributed by atoms with Crippen molar-refractivity contribution in [3.8, 4) is 11.5 Å². The van der Waals surface area contributed by atoms with Crippen molar-refractivity contribution >= 4 is 23.0 Å². The van der Waals surface area contributed by atoms with E-state index in [0.29, 0.717) is 28.8 Å². The summed E-state index contributed by atoms with van der Waals surface area (Å²) in [5, 5.41) is 16.6. The maximum Gasteiger partial charge on any atom is 0.170 e. The monoisotopic (exact) mass is 332 g/mol. The molecular weight excluding hydrogens is 312 g/mol. The van der Waals surface area contributed by atoms with E-state index in [4.69, 9.17) is 21.7 Å². The summed E-state index contributed by atoms with van der Waals surface area (Å²) < 4.78 is 10.5. The zero-order valence-corrected chi connectivity index (χ0v) is 13.9. The van der Waals surface area contributed by atoms with Crippen LogP contribution in [0.25, 0.3) is 0 Å². The summed E-state index contributed by atoms with van der Waals surface area (Å²) in [5.74, 6) is 1.35. The van der Waals surface area contributed by atoms with Crippen LogP contribution in [-0.4, -0.2) is 31.0 Å². The van der Waals surface area contributed by atoms with Crippen LogP contribution in [0.2, 0.25) is 0 Å². The summed E-state index contributed by atoms with van der Waals surface area (Å²) in [6, 6.07) is 14.8. The van der Waals surface area contributed by atoms with Gasteiger partial charge in [0, 0.05) is 12.6 Å². The molecule has 2 aromatic rings. The first-order valence-electron chi connectivity index (χ1n) is 7.14. The summed E-state index contributed by atoms with van der Waals surface area (Å²) in [4.78, 5) is 0. The molecule has 0 aliphatic heterocycles. The van der Waals surface area contributed by atoms with Gasteiger partial charge in [0.1, 0.15) is 11.5 Å². The molecular formula is C17H20N2O3S. The van der Waals surface area contributed by atoms with Crippen molar-refractivity contribution in [3.63, 3.8) is 0 Å². The van der Waals surface area contributed by atoms with E-state index in [2.05, 4.69) is 10.6 Å². The third-order valence-corrected chi connectivity index (χ3v) is 3.54. The molecule has 1 unspecified atom stereocenters. The highest BCUT2D eigenvalue weighted by Gasteiger charge is 2.10. The van der Waals surface area contributed by atoms with Crippen molar-refractivity contribution in [3.05, 3.63) is 54.1 Å². The molecule has 23 heavy (non-hydrogen) atoms. The Bertz CT molecular complexity index is 650. The lowest BCUT2D eigenvalue weighted by Gasteiger charge is -2.16. The second-order valence-electron chi connectivity index (χ2n) is 4.83. The lowest BCUT2D eigenvalue weighted by Crippen LogP contribution is -2.32. The van der Waals surface area contributed by atoms with Crippen molar-refractivity contribution in [2.45, 2.75) is 6.10 Å². The Hall–Kier alpha value is -2.31. The van der Waals surface area contributed by atoms with E-state index in [1.54, 1.807) is 32.4 Å². The SMILES string of the molecule is COc1ccc(OC)c(NC(=S)NCC(O)c2ccccc2)c1. The van der Waals surface area contributed by atoms with E-state index in [-0.39, 0.29) is 0 Å². The number of nitrogens with one attached hydrogen (secondary N) is 2. The van der Waals surface area contributed by atoms with Crippen LogP contribution in [0.1, 0.15) is 11.7 Å². The fraction of sp³-hybridized carbons (Fsp3) is 0.235. The average molecular weight is 332 g/mol. The maximum absolute atomic E-state index is 10.1. The molecule has 0 fully saturated rings. The molecule has 2 rings (SSSR count). The van der Waals surface area contributed by atoms with Crippen LogP contribution < -0.4 is 20.1 Å². The van der Waals surface area contributed by atoms with E-state index in [1.807, 2.05) is 30.3 Å². The molecule has 1 atom stereocenters. The molecule has 0 aromatic heterocycles. The Morgan fingerprint density at radius 3 is 2.52 bits per heavy atom. The zero-order valence-electron chi connectivity index (χ0n) is 13.1. The third kappa shape index (κ3) is 4.84. The Morgan fingerprint density at radius 2 is 1.87 bits per heavy atom. The van der Waals surface area contributed by atoms with Gasteiger partial charge >= 0.3 is 0 Å². The first-order valence-corrected chi connectivity index (χ1v) is 7.54. The Kier molecular flexibility index (Phi) is 6.19. The lowest BCUT2D eigenvalue weighted by atomic mass is 10.1. The maximum atomic E-state index is 10.1. The number of thiocarbonyl (C=S) groups is 1. The van der Waals surface area contributed by atoms with Gasteiger partial charge in [-0.25, -0.2) is 0 Å². The highest BCUT2D eigenvalue weighted by atomic mass is 32.1. The molecule has 0 amide bonds. The third-order valence-electron chi connectivity index (χ3n) is 3.30. The molecule has 3 N–H and O–H groups in total. The molecule has 0 saturated carbocycles. The van der Waals surface area contributed by atoms with E-state index >= 15 is 0 Å². The van der Waals surface area contributed by atoms with Crippen LogP contribution in [0.15, 0.2) is 48.5 Å². The molecule has 0 bridgehead atoms. The lowest BCUT2D eigenvalue weighted by molar-refractivity contribution is 0.181. The predicted molar refractivity (Wildman–Crippen MR) is 95.2 cm³/mol. The number of hydrogen-bond acceptors (Lipinski definition) is 4. The second-order valence-corrected chi connectivity index (χ2v) is 5.24. The number of methoxy groups -OCH3 is 2. The van der Waals surface area contributed by atoms with Gasteiger partial charge in [0.25, 0.3) is 0 Å². The van der Waals surface area contributed by atoms with E-state index < -0.39 is 6.10 Å². The smallest absolute Gasteiger partial charge is 0.170 e. The molecule has 6 heteroatoms. The highest BCUT2D eigenvalue weighted by Crippen LogP contribution is 2.28. The number of hydrogen-bond donors (Lipinski definition) is 3. The van der Waals surface area contributed by atoms with Gasteiger partial charge in [-0.15, -0.1) is 0 Å². The molecule has 2 aromatic carbocycles. The second kappa shape index (κ2) is 8.36. The van der Waals surface area contributed by atoms with Gasteiger partial charge in [-0.1, -0.05) is 30.3 Å². The van der Waals surface area contributed by atoms with E-state index in [9.17, 15) is 5.11 Å². The topological polar surface area (TPSA) is 62.8 Å². The van der Waals surface area contributed by atoms with Crippen molar-refractivity contribution in [1.29, 1.82) is 0 Å². The number of rotatable bonds is 6. The van der Waals surface area contributed by atoms with Crippen LogP contribution >= 0.6 is 12.2 Å². The standard InChI is InChI=1S/C17H20N2O3S/c1-21-13-8-9-16(22-2)14(10-13)19-17(23)18-11-15(20)12-6-4-3-5-7-12/h3-10,15,20H,11H2,1-2H3,(H2,18,19,23). The van der Waals surface area contributed by atoms with Gasteiger partial charge in [0.15, 0.2) is 5.11 Å². The van der Waals surface area contributed by atoms with Crippen LogP contribution in [0, 0.1) is 0 Å². The van der Waals surface area contributed by atoms with Crippen molar-refractivity contribution in [1.82, 2.24) is 5.32 Å². The molecule has 0 aliphatic carbocycles. The van der Waals surface area contributed by atoms with Gasteiger partial charge in [-0.05, 0) is 29.9 Å². The molecule has 5 nitrogen and oxygen atoms in total.